The molecule has 0 aliphatic heterocycles. The van der Waals surface area contributed by atoms with Crippen LogP contribution < -0.4 is 4.80 Å². The molecule has 1 N–H and O–H groups in total. The predicted molar refractivity (Wildman–Crippen MR) is 104 cm³/mol. The van der Waals surface area contributed by atoms with Gasteiger partial charge in [-0.15, -0.1) is 11.3 Å². The number of benzene rings is 2. The van der Waals surface area contributed by atoms with E-state index in [-0.39, 0.29) is 11.8 Å². The molecule has 5 heteroatoms. The summed E-state index contributed by atoms with van der Waals surface area (Å²) in [6.07, 6.45) is 0. The molecule has 0 aliphatic carbocycles. The van der Waals surface area contributed by atoms with Crippen molar-refractivity contribution in [3.05, 3.63) is 70.3 Å². The van der Waals surface area contributed by atoms with Crippen LogP contribution in [0.1, 0.15) is 26.3 Å². The molecular formula is C20H21N3OS. The number of phenolic OH excluding ortho intramolecular Hbond substituents is 1. The van der Waals surface area contributed by atoms with Crippen LogP contribution in [0, 0.1) is 0 Å². The Labute approximate surface area is 151 Å². The van der Waals surface area contributed by atoms with Gasteiger partial charge in [0.1, 0.15) is 5.75 Å². The quantitative estimate of drug-likeness (QED) is 0.691. The Morgan fingerprint density at radius 3 is 2.36 bits per heavy atom. The molecule has 0 amide bonds. The van der Waals surface area contributed by atoms with E-state index >= 15 is 0 Å². The number of hydrogen-bond donors (Lipinski definition) is 1. The molecule has 1 aromatic heterocycles. The van der Waals surface area contributed by atoms with Gasteiger partial charge in [-0.3, -0.25) is 4.99 Å². The summed E-state index contributed by atoms with van der Waals surface area (Å²) in [4.78, 5) is 5.57. The van der Waals surface area contributed by atoms with Gasteiger partial charge in [0.25, 0.3) is 0 Å². The van der Waals surface area contributed by atoms with E-state index in [4.69, 9.17) is 10.1 Å². The molecule has 0 aliphatic rings. The third-order valence-corrected chi connectivity index (χ3v) is 4.49. The lowest BCUT2D eigenvalue weighted by Gasteiger charge is -2.07. The van der Waals surface area contributed by atoms with Crippen molar-refractivity contribution in [2.75, 3.05) is 0 Å². The Morgan fingerprint density at radius 1 is 1.04 bits per heavy atom. The Morgan fingerprint density at radius 2 is 1.72 bits per heavy atom. The summed E-state index contributed by atoms with van der Waals surface area (Å²) in [5, 5.41) is 16.4. The average molecular weight is 351 g/mol. The van der Waals surface area contributed by atoms with Crippen LogP contribution in [0.3, 0.4) is 0 Å². The minimum atomic E-state index is 0.192. The van der Waals surface area contributed by atoms with Crippen LogP contribution in [-0.2, 0) is 0 Å². The van der Waals surface area contributed by atoms with E-state index in [1.54, 1.807) is 23.5 Å². The van der Waals surface area contributed by atoms with Crippen molar-refractivity contribution in [2.24, 2.45) is 10.1 Å². The van der Waals surface area contributed by atoms with Crippen LogP contribution in [0.2, 0.25) is 0 Å². The zero-order valence-electron chi connectivity index (χ0n) is 14.5. The van der Waals surface area contributed by atoms with Gasteiger partial charge in [0.15, 0.2) is 0 Å². The molecule has 25 heavy (non-hydrogen) atoms. The predicted octanol–water partition coefficient (Wildman–Crippen LogP) is 4.50. The first-order valence-corrected chi connectivity index (χ1v) is 9.07. The summed E-state index contributed by atoms with van der Waals surface area (Å²) in [5.41, 5.74) is 3.95. The largest absolute Gasteiger partial charge is 0.508 e. The van der Waals surface area contributed by atoms with Gasteiger partial charge < -0.3 is 5.11 Å². The Hall–Kier alpha value is -2.66. The van der Waals surface area contributed by atoms with Crippen LogP contribution in [0.4, 0.5) is 0 Å². The maximum atomic E-state index is 9.47. The van der Waals surface area contributed by atoms with Gasteiger partial charge in [-0.25, -0.2) is 4.68 Å². The van der Waals surface area contributed by atoms with Crippen molar-refractivity contribution in [1.82, 2.24) is 4.68 Å². The van der Waals surface area contributed by atoms with E-state index < -0.39 is 0 Å². The maximum absolute atomic E-state index is 9.47. The number of hydrogen-bond acceptors (Lipinski definition) is 4. The molecular weight excluding hydrogens is 330 g/mol. The molecule has 1 heterocycles. The monoisotopic (exact) mass is 351 g/mol. The van der Waals surface area contributed by atoms with Crippen molar-refractivity contribution in [3.63, 3.8) is 0 Å². The minimum Gasteiger partial charge on any atom is -0.508 e. The highest BCUT2D eigenvalue weighted by Gasteiger charge is 2.09. The van der Waals surface area contributed by atoms with Crippen LogP contribution in [0.25, 0.3) is 11.3 Å². The fourth-order valence-corrected chi connectivity index (χ4v) is 3.39. The molecule has 0 unspecified atom stereocenters. The molecule has 0 saturated carbocycles. The standard InChI is InChI=1S/C20H21N3OS/c1-14(2)21-20-23(19(13-25-20)17-7-5-4-6-8-17)22-15(3)16-9-11-18(24)12-10-16/h4-14,24H,1-3H3. The van der Waals surface area contributed by atoms with Crippen molar-refractivity contribution >= 4 is 17.0 Å². The zero-order valence-corrected chi connectivity index (χ0v) is 15.4. The third kappa shape index (κ3) is 4.06. The molecule has 0 spiro atoms. The Bertz CT molecular complexity index is 935. The lowest BCUT2D eigenvalue weighted by Crippen LogP contribution is -2.16. The maximum Gasteiger partial charge on any atom is 0.206 e. The van der Waals surface area contributed by atoms with E-state index in [1.165, 1.54) is 0 Å². The van der Waals surface area contributed by atoms with Crippen molar-refractivity contribution < 1.29 is 5.11 Å². The molecule has 0 saturated heterocycles. The summed E-state index contributed by atoms with van der Waals surface area (Å²) < 4.78 is 1.90. The van der Waals surface area contributed by atoms with Gasteiger partial charge in [-0.05, 0) is 50.6 Å². The fraction of sp³-hybridized carbons (Fsp3) is 0.200. The molecule has 128 valence electrons. The molecule has 0 atom stereocenters. The number of thiazole rings is 1. The highest BCUT2D eigenvalue weighted by Crippen LogP contribution is 2.20. The van der Waals surface area contributed by atoms with Crippen LogP contribution in [0.5, 0.6) is 5.75 Å². The van der Waals surface area contributed by atoms with Crippen LogP contribution >= 0.6 is 11.3 Å². The first-order chi connectivity index (χ1) is 12.0. The van der Waals surface area contributed by atoms with E-state index in [1.807, 2.05) is 41.9 Å². The number of aromatic nitrogens is 1. The van der Waals surface area contributed by atoms with Gasteiger partial charge >= 0.3 is 0 Å². The van der Waals surface area contributed by atoms with Crippen LogP contribution in [-0.4, -0.2) is 21.5 Å². The molecule has 3 rings (SSSR count). The molecule has 0 bridgehead atoms. The smallest absolute Gasteiger partial charge is 0.206 e. The highest BCUT2D eigenvalue weighted by molar-refractivity contribution is 7.07. The summed E-state index contributed by atoms with van der Waals surface area (Å²) >= 11 is 1.59. The number of aromatic hydroxyl groups is 1. The summed E-state index contributed by atoms with van der Waals surface area (Å²) in [5.74, 6) is 0.250. The fourth-order valence-electron chi connectivity index (χ4n) is 2.42. The Balaban J connectivity index is 2.14. The van der Waals surface area contributed by atoms with Crippen LogP contribution in [0.15, 0.2) is 70.1 Å². The first-order valence-electron chi connectivity index (χ1n) is 8.19. The molecule has 0 fully saturated rings. The number of rotatable bonds is 4. The van der Waals surface area contributed by atoms with Gasteiger partial charge in [-0.2, -0.15) is 5.10 Å². The van der Waals surface area contributed by atoms with Gasteiger partial charge in [0.2, 0.25) is 4.80 Å². The van der Waals surface area contributed by atoms with Gasteiger partial charge in [-0.1, -0.05) is 30.3 Å². The SMILES string of the molecule is CC(=Nn1c(-c2ccccc2)csc1=NC(C)C)c1ccc(O)cc1. The van der Waals surface area contributed by atoms with E-state index in [2.05, 4.69) is 31.4 Å². The molecule has 3 aromatic rings. The van der Waals surface area contributed by atoms with Crippen molar-refractivity contribution in [2.45, 2.75) is 26.8 Å². The first kappa shape index (κ1) is 17.2. The second-order valence-corrected chi connectivity index (χ2v) is 6.87. The normalized spacial score (nSPS) is 12.8. The second-order valence-electron chi connectivity index (χ2n) is 6.04. The zero-order chi connectivity index (χ0) is 17.8. The Kier molecular flexibility index (Phi) is 5.14. The third-order valence-electron chi connectivity index (χ3n) is 3.66. The van der Waals surface area contributed by atoms with Gasteiger partial charge in [0, 0.05) is 17.0 Å². The number of phenols is 1. The molecule has 4 nitrogen and oxygen atoms in total. The van der Waals surface area contributed by atoms with Gasteiger partial charge in [0.05, 0.1) is 11.4 Å². The minimum absolute atomic E-state index is 0.192. The van der Waals surface area contributed by atoms with Crippen molar-refractivity contribution in [3.8, 4) is 17.0 Å². The van der Waals surface area contributed by atoms with E-state index in [9.17, 15) is 5.11 Å². The second kappa shape index (κ2) is 7.49. The summed E-state index contributed by atoms with van der Waals surface area (Å²) in [6.45, 7) is 6.08. The average Bonchev–Trinajstić information content (AvgIpc) is 2.98. The number of nitrogens with zero attached hydrogens (tertiary/aromatic N) is 3. The topological polar surface area (TPSA) is 49.9 Å². The molecule has 0 radical (unpaired) electrons. The lowest BCUT2D eigenvalue weighted by atomic mass is 10.1. The highest BCUT2D eigenvalue weighted by atomic mass is 32.1. The lowest BCUT2D eigenvalue weighted by molar-refractivity contribution is 0.475. The molecule has 2 aromatic carbocycles. The summed E-state index contributed by atoms with van der Waals surface area (Å²) in [6, 6.07) is 17.5. The van der Waals surface area contributed by atoms with E-state index in [0.717, 1.165) is 27.3 Å². The summed E-state index contributed by atoms with van der Waals surface area (Å²) in [7, 11) is 0. The van der Waals surface area contributed by atoms with Crippen molar-refractivity contribution in [1.29, 1.82) is 0 Å². The van der Waals surface area contributed by atoms with E-state index in [0.29, 0.717) is 0 Å².